The number of carboxylic acids is 1. The average molecular weight is 333 g/mol. The van der Waals surface area contributed by atoms with Crippen LogP contribution in [0, 0.1) is 6.92 Å². The van der Waals surface area contributed by atoms with E-state index < -0.39 is 5.97 Å². The molecule has 0 aliphatic carbocycles. The summed E-state index contributed by atoms with van der Waals surface area (Å²) in [6.45, 7) is 2.75. The van der Waals surface area contributed by atoms with Crippen LogP contribution in [0.3, 0.4) is 0 Å². The highest BCUT2D eigenvalue weighted by Gasteiger charge is 2.09. The number of carbonyl (C=O) groups excluding carboxylic acids is 1. The standard InChI is InChI=1S/C17H19NO4S/c1-12-8-10-23-16(12)17(21)18-11-13-4-6-14(7-5-13)22-9-2-3-15(19)20/h4-8,10H,2-3,9,11H2,1H3,(H,18,21)(H,19,20). The Kier molecular flexibility index (Phi) is 6.17. The fourth-order valence-corrected chi connectivity index (χ4v) is 2.83. The Bertz CT molecular complexity index is 663. The van der Waals surface area contributed by atoms with Gasteiger partial charge < -0.3 is 15.2 Å². The van der Waals surface area contributed by atoms with Crippen molar-refractivity contribution < 1.29 is 19.4 Å². The topological polar surface area (TPSA) is 75.6 Å². The minimum Gasteiger partial charge on any atom is -0.494 e. The fourth-order valence-electron chi connectivity index (χ4n) is 1.98. The van der Waals surface area contributed by atoms with E-state index in [0.717, 1.165) is 16.0 Å². The highest BCUT2D eigenvalue weighted by Crippen LogP contribution is 2.16. The normalized spacial score (nSPS) is 10.3. The van der Waals surface area contributed by atoms with Gasteiger partial charge in [0.25, 0.3) is 5.91 Å². The summed E-state index contributed by atoms with van der Waals surface area (Å²) >= 11 is 1.43. The smallest absolute Gasteiger partial charge is 0.303 e. The van der Waals surface area contributed by atoms with Crippen molar-refractivity contribution in [2.24, 2.45) is 0 Å². The SMILES string of the molecule is Cc1ccsc1C(=O)NCc1ccc(OCCCC(=O)O)cc1. The van der Waals surface area contributed by atoms with Crippen molar-refractivity contribution in [3.05, 3.63) is 51.7 Å². The van der Waals surface area contributed by atoms with E-state index in [1.807, 2.05) is 42.6 Å². The van der Waals surface area contributed by atoms with Gasteiger partial charge in [-0.15, -0.1) is 11.3 Å². The molecule has 0 atom stereocenters. The molecule has 6 heteroatoms. The van der Waals surface area contributed by atoms with E-state index in [1.165, 1.54) is 11.3 Å². The van der Waals surface area contributed by atoms with Crippen molar-refractivity contribution in [2.45, 2.75) is 26.3 Å². The predicted molar refractivity (Wildman–Crippen MR) is 89.0 cm³/mol. The zero-order valence-corrected chi connectivity index (χ0v) is 13.7. The number of carboxylic acid groups (broad SMARTS) is 1. The lowest BCUT2D eigenvalue weighted by Crippen LogP contribution is -2.22. The third-order valence-corrected chi connectivity index (χ3v) is 4.26. The second-order valence-electron chi connectivity index (χ2n) is 5.11. The van der Waals surface area contributed by atoms with Gasteiger partial charge in [-0.3, -0.25) is 9.59 Å². The molecule has 0 bridgehead atoms. The Labute approximate surface area is 138 Å². The minimum atomic E-state index is -0.819. The van der Waals surface area contributed by atoms with E-state index in [0.29, 0.717) is 25.3 Å². The first-order valence-corrected chi connectivity index (χ1v) is 8.20. The van der Waals surface area contributed by atoms with E-state index in [4.69, 9.17) is 9.84 Å². The van der Waals surface area contributed by atoms with E-state index in [-0.39, 0.29) is 12.3 Å². The summed E-state index contributed by atoms with van der Waals surface area (Å²) in [5.74, 6) is -0.188. The fraction of sp³-hybridized carbons (Fsp3) is 0.294. The first-order chi connectivity index (χ1) is 11.1. The maximum absolute atomic E-state index is 12.0. The molecular weight excluding hydrogens is 314 g/mol. The molecule has 1 heterocycles. The predicted octanol–water partition coefficient (Wildman–Crippen LogP) is 3.23. The number of ether oxygens (including phenoxy) is 1. The Morgan fingerprint density at radius 1 is 1.22 bits per heavy atom. The van der Waals surface area contributed by atoms with Crippen LogP contribution in [-0.2, 0) is 11.3 Å². The van der Waals surface area contributed by atoms with Crippen molar-refractivity contribution in [3.63, 3.8) is 0 Å². The molecule has 2 aromatic rings. The summed E-state index contributed by atoms with van der Waals surface area (Å²) < 4.78 is 5.46. The maximum Gasteiger partial charge on any atom is 0.303 e. The molecule has 0 aliphatic heterocycles. The first kappa shape index (κ1) is 17.0. The quantitative estimate of drug-likeness (QED) is 0.727. The molecule has 0 spiro atoms. The third kappa shape index (κ3) is 5.41. The summed E-state index contributed by atoms with van der Waals surface area (Å²) in [4.78, 5) is 23.2. The summed E-state index contributed by atoms with van der Waals surface area (Å²) in [6, 6.07) is 9.33. The Morgan fingerprint density at radius 2 is 1.96 bits per heavy atom. The number of amides is 1. The van der Waals surface area contributed by atoms with Crippen molar-refractivity contribution in [3.8, 4) is 5.75 Å². The molecule has 5 nitrogen and oxygen atoms in total. The van der Waals surface area contributed by atoms with Crippen molar-refractivity contribution in [1.29, 1.82) is 0 Å². The molecule has 2 N–H and O–H groups in total. The summed E-state index contributed by atoms with van der Waals surface area (Å²) in [5.41, 5.74) is 1.96. The third-order valence-electron chi connectivity index (χ3n) is 3.25. The number of rotatable bonds is 8. The van der Waals surface area contributed by atoms with Gasteiger partial charge in [0, 0.05) is 13.0 Å². The molecule has 0 fully saturated rings. The van der Waals surface area contributed by atoms with Gasteiger partial charge in [0.05, 0.1) is 11.5 Å². The molecule has 1 amide bonds. The Morgan fingerprint density at radius 3 is 2.57 bits per heavy atom. The number of benzene rings is 1. The van der Waals surface area contributed by atoms with Gasteiger partial charge in [0.15, 0.2) is 0 Å². The van der Waals surface area contributed by atoms with Gasteiger partial charge in [0.1, 0.15) is 5.75 Å². The van der Waals surface area contributed by atoms with Gasteiger partial charge in [0.2, 0.25) is 0 Å². The highest BCUT2D eigenvalue weighted by molar-refractivity contribution is 7.12. The van der Waals surface area contributed by atoms with Crippen LogP contribution in [0.5, 0.6) is 5.75 Å². The van der Waals surface area contributed by atoms with Gasteiger partial charge in [-0.2, -0.15) is 0 Å². The summed E-state index contributed by atoms with van der Waals surface area (Å²) in [5, 5.41) is 13.3. The molecular formula is C17H19NO4S. The van der Waals surface area contributed by atoms with E-state index >= 15 is 0 Å². The van der Waals surface area contributed by atoms with E-state index in [2.05, 4.69) is 5.32 Å². The summed E-state index contributed by atoms with van der Waals surface area (Å²) in [7, 11) is 0. The number of hydrogen-bond donors (Lipinski definition) is 2. The van der Waals surface area contributed by atoms with Crippen LogP contribution >= 0.6 is 11.3 Å². The maximum atomic E-state index is 12.0. The first-order valence-electron chi connectivity index (χ1n) is 7.32. The second-order valence-corrected chi connectivity index (χ2v) is 6.02. The lowest BCUT2D eigenvalue weighted by Gasteiger charge is -2.08. The zero-order chi connectivity index (χ0) is 16.7. The van der Waals surface area contributed by atoms with Crippen molar-refractivity contribution in [2.75, 3.05) is 6.61 Å². The largest absolute Gasteiger partial charge is 0.494 e. The van der Waals surface area contributed by atoms with Crippen LogP contribution in [-0.4, -0.2) is 23.6 Å². The van der Waals surface area contributed by atoms with Crippen LogP contribution < -0.4 is 10.1 Å². The molecule has 0 unspecified atom stereocenters. The number of hydrogen-bond acceptors (Lipinski definition) is 4. The van der Waals surface area contributed by atoms with Gasteiger partial charge in [-0.1, -0.05) is 12.1 Å². The molecule has 1 aromatic carbocycles. The highest BCUT2D eigenvalue weighted by atomic mass is 32.1. The molecule has 122 valence electrons. The Balaban J connectivity index is 1.77. The monoisotopic (exact) mass is 333 g/mol. The van der Waals surface area contributed by atoms with Gasteiger partial charge >= 0.3 is 5.97 Å². The Hall–Kier alpha value is -2.34. The van der Waals surface area contributed by atoms with Gasteiger partial charge in [-0.05, 0) is 48.1 Å². The van der Waals surface area contributed by atoms with Crippen LogP contribution in [0.1, 0.15) is 33.6 Å². The molecule has 0 saturated carbocycles. The van der Waals surface area contributed by atoms with E-state index in [9.17, 15) is 9.59 Å². The van der Waals surface area contributed by atoms with Crippen LogP contribution in [0.25, 0.3) is 0 Å². The summed E-state index contributed by atoms with van der Waals surface area (Å²) in [6.07, 6.45) is 0.583. The van der Waals surface area contributed by atoms with Crippen LogP contribution in [0.2, 0.25) is 0 Å². The lowest BCUT2D eigenvalue weighted by molar-refractivity contribution is -0.137. The molecule has 1 aromatic heterocycles. The number of thiophene rings is 1. The number of nitrogens with one attached hydrogen (secondary N) is 1. The van der Waals surface area contributed by atoms with Crippen molar-refractivity contribution in [1.82, 2.24) is 5.32 Å². The van der Waals surface area contributed by atoms with Gasteiger partial charge in [-0.25, -0.2) is 0 Å². The molecule has 23 heavy (non-hydrogen) atoms. The van der Waals surface area contributed by atoms with Crippen LogP contribution in [0.4, 0.5) is 0 Å². The minimum absolute atomic E-state index is 0.0634. The van der Waals surface area contributed by atoms with Crippen LogP contribution in [0.15, 0.2) is 35.7 Å². The second kappa shape index (κ2) is 8.33. The molecule has 0 aliphatic rings. The zero-order valence-electron chi connectivity index (χ0n) is 12.9. The number of carbonyl (C=O) groups is 2. The average Bonchev–Trinajstić information content (AvgIpc) is 2.96. The molecule has 2 rings (SSSR count). The number of aliphatic carboxylic acids is 1. The van der Waals surface area contributed by atoms with E-state index in [1.54, 1.807) is 0 Å². The molecule has 0 radical (unpaired) electrons. The molecule has 0 saturated heterocycles. The lowest BCUT2D eigenvalue weighted by atomic mass is 10.2. The van der Waals surface area contributed by atoms with Crippen molar-refractivity contribution >= 4 is 23.2 Å². The number of aryl methyl sites for hydroxylation is 1.